The van der Waals surface area contributed by atoms with Crippen LogP contribution in [0.4, 0.5) is 0 Å². The third-order valence-corrected chi connectivity index (χ3v) is 6.12. The van der Waals surface area contributed by atoms with Gasteiger partial charge in [-0.15, -0.1) is 0 Å². The van der Waals surface area contributed by atoms with Crippen LogP contribution in [0.1, 0.15) is 33.6 Å². The van der Waals surface area contributed by atoms with Crippen molar-refractivity contribution in [2.24, 2.45) is 0 Å². The topological polar surface area (TPSA) is 58.2 Å². The fourth-order valence-electron chi connectivity index (χ4n) is 2.31. The molecule has 0 fully saturated rings. The average molecular weight is 345 g/mol. The summed E-state index contributed by atoms with van der Waals surface area (Å²) in [5.74, 6) is 3.88. The van der Waals surface area contributed by atoms with E-state index in [1.807, 2.05) is 31.7 Å². The molecule has 0 bridgehead atoms. The Balaban J connectivity index is 2.88. The Morgan fingerprint density at radius 3 is 2.73 bits per heavy atom. The average Bonchev–Trinajstić information content (AvgIpc) is 2.52. The molecule has 1 unspecified atom stereocenters. The number of likely N-dealkylation sites (N-methyl/N-ethyl adjacent to an activating group) is 1. The number of hydrogen-bond donors (Lipinski definition) is 2. The molecule has 4 nitrogen and oxygen atoms in total. The van der Waals surface area contributed by atoms with Crippen molar-refractivity contribution < 1.29 is 9.59 Å². The van der Waals surface area contributed by atoms with E-state index in [0.29, 0.717) is 12.1 Å². The highest BCUT2D eigenvalue weighted by Gasteiger charge is 2.33. The number of rotatable bonds is 4. The molecular formula is C16H28N2O2S2. The highest BCUT2D eigenvalue weighted by Crippen LogP contribution is 2.21. The van der Waals surface area contributed by atoms with Crippen LogP contribution in [-0.2, 0) is 9.59 Å². The zero-order valence-corrected chi connectivity index (χ0v) is 15.5. The van der Waals surface area contributed by atoms with E-state index in [4.69, 9.17) is 0 Å². The predicted octanol–water partition coefficient (Wildman–Crippen LogP) is 2.25. The van der Waals surface area contributed by atoms with Crippen LogP contribution >= 0.6 is 23.5 Å². The van der Waals surface area contributed by atoms with Crippen molar-refractivity contribution in [3.8, 4) is 0 Å². The van der Waals surface area contributed by atoms with E-state index in [1.165, 1.54) is 0 Å². The molecule has 0 saturated carbocycles. The minimum absolute atomic E-state index is 0.0331. The van der Waals surface area contributed by atoms with Crippen LogP contribution in [0.5, 0.6) is 0 Å². The SMILES string of the molecule is CCN/C1=C\CSCCCSCC(CC)(C(C)=O)NCC1=O. The number of Topliss-reactive ketones (excluding diaryl/α,β-unsaturated/α-hetero) is 2. The summed E-state index contributed by atoms with van der Waals surface area (Å²) in [6, 6.07) is 0. The van der Waals surface area contributed by atoms with E-state index in [0.717, 1.165) is 36.0 Å². The molecule has 6 heteroatoms. The highest BCUT2D eigenvalue weighted by atomic mass is 32.2. The van der Waals surface area contributed by atoms with Crippen molar-refractivity contribution in [3.05, 3.63) is 11.8 Å². The van der Waals surface area contributed by atoms with Gasteiger partial charge in [-0.05, 0) is 44.3 Å². The fraction of sp³-hybridized carbons (Fsp3) is 0.750. The van der Waals surface area contributed by atoms with Gasteiger partial charge in [0.25, 0.3) is 0 Å². The van der Waals surface area contributed by atoms with E-state index in [9.17, 15) is 9.59 Å². The highest BCUT2D eigenvalue weighted by molar-refractivity contribution is 8.00. The van der Waals surface area contributed by atoms with Crippen LogP contribution < -0.4 is 10.6 Å². The summed E-state index contributed by atoms with van der Waals surface area (Å²) >= 11 is 3.65. The first-order valence-corrected chi connectivity index (χ1v) is 10.3. The van der Waals surface area contributed by atoms with Gasteiger partial charge in [0.1, 0.15) is 0 Å². The molecule has 0 aromatic heterocycles. The Morgan fingerprint density at radius 2 is 2.09 bits per heavy atom. The fourth-order valence-corrected chi connectivity index (χ4v) is 4.64. The third kappa shape index (κ3) is 5.97. The number of thioether (sulfide) groups is 2. The van der Waals surface area contributed by atoms with Crippen molar-refractivity contribution in [3.63, 3.8) is 0 Å². The quantitative estimate of drug-likeness (QED) is 0.816. The third-order valence-electron chi connectivity index (χ3n) is 3.86. The summed E-state index contributed by atoms with van der Waals surface area (Å²) in [6.45, 7) is 6.55. The van der Waals surface area contributed by atoms with Crippen molar-refractivity contribution >= 4 is 35.1 Å². The molecule has 0 aromatic carbocycles. The zero-order chi connectivity index (χ0) is 16.4. The Hall–Kier alpha value is -0.460. The Bertz CT molecular complexity index is 413. The van der Waals surface area contributed by atoms with Crippen LogP contribution in [-0.4, -0.2) is 53.2 Å². The first kappa shape index (κ1) is 19.6. The Labute approximate surface area is 142 Å². The second-order valence-corrected chi connectivity index (χ2v) is 7.65. The molecule has 126 valence electrons. The molecule has 0 amide bonds. The minimum atomic E-state index is -0.584. The predicted molar refractivity (Wildman–Crippen MR) is 97.7 cm³/mol. The van der Waals surface area contributed by atoms with E-state index < -0.39 is 5.54 Å². The van der Waals surface area contributed by atoms with Crippen LogP contribution in [0.2, 0.25) is 0 Å². The standard InChI is InChI=1S/C16H28N2O2S2/c1-4-16(13(3)19)12-22-9-6-8-21-10-7-14(17-5-2)15(20)11-18-16/h7,17-18H,4-6,8-12H2,1-3H3/b14-7-. The maximum Gasteiger partial charge on any atom is 0.192 e. The molecule has 1 rings (SSSR count). The molecular weight excluding hydrogens is 316 g/mol. The Kier molecular flexibility index (Phi) is 9.21. The maximum absolute atomic E-state index is 12.4. The van der Waals surface area contributed by atoms with Gasteiger partial charge in [-0.3, -0.25) is 14.9 Å². The number of hydrogen-bond acceptors (Lipinski definition) is 6. The van der Waals surface area contributed by atoms with Crippen LogP contribution in [0, 0.1) is 0 Å². The van der Waals surface area contributed by atoms with Gasteiger partial charge in [0.05, 0.1) is 17.8 Å². The smallest absolute Gasteiger partial charge is 0.192 e. The number of carbonyl (C=O) groups is 2. The molecule has 0 aliphatic carbocycles. The zero-order valence-electron chi connectivity index (χ0n) is 13.9. The first-order chi connectivity index (χ1) is 10.6. The van der Waals surface area contributed by atoms with Crippen LogP contribution in [0.3, 0.4) is 0 Å². The lowest BCUT2D eigenvalue weighted by atomic mass is 9.93. The summed E-state index contributed by atoms with van der Waals surface area (Å²) in [5, 5.41) is 6.40. The molecule has 1 aliphatic rings. The van der Waals surface area contributed by atoms with Gasteiger partial charge in [0, 0.05) is 18.1 Å². The number of ketones is 2. The molecule has 1 atom stereocenters. The molecule has 1 heterocycles. The van der Waals surface area contributed by atoms with Gasteiger partial charge in [0.15, 0.2) is 11.6 Å². The van der Waals surface area contributed by atoms with Gasteiger partial charge in [0.2, 0.25) is 0 Å². The molecule has 1 aliphatic heterocycles. The van der Waals surface area contributed by atoms with Crippen LogP contribution in [0.15, 0.2) is 11.8 Å². The molecule has 22 heavy (non-hydrogen) atoms. The molecule has 0 radical (unpaired) electrons. The molecule has 0 aromatic rings. The van der Waals surface area contributed by atoms with Gasteiger partial charge in [-0.2, -0.15) is 23.5 Å². The minimum Gasteiger partial charge on any atom is -0.383 e. The van der Waals surface area contributed by atoms with Crippen molar-refractivity contribution in [1.82, 2.24) is 10.6 Å². The van der Waals surface area contributed by atoms with Gasteiger partial charge in [-0.25, -0.2) is 0 Å². The summed E-state index contributed by atoms with van der Waals surface area (Å²) < 4.78 is 0. The second-order valence-electron chi connectivity index (χ2n) is 5.40. The molecule has 2 N–H and O–H groups in total. The summed E-state index contributed by atoms with van der Waals surface area (Å²) in [7, 11) is 0. The van der Waals surface area contributed by atoms with Crippen LogP contribution in [0.25, 0.3) is 0 Å². The second kappa shape index (κ2) is 10.3. The number of carbonyl (C=O) groups excluding carboxylic acids is 2. The van der Waals surface area contributed by atoms with Crippen molar-refractivity contribution in [2.45, 2.75) is 39.2 Å². The summed E-state index contributed by atoms with van der Waals surface area (Å²) in [5.41, 5.74) is 0.0849. The van der Waals surface area contributed by atoms with Crippen molar-refractivity contribution in [2.75, 3.05) is 36.1 Å². The van der Waals surface area contributed by atoms with Gasteiger partial charge in [-0.1, -0.05) is 6.92 Å². The molecule has 0 saturated heterocycles. The Morgan fingerprint density at radius 1 is 1.36 bits per heavy atom. The van der Waals surface area contributed by atoms with E-state index in [1.54, 1.807) is 18.7 Å². The van der Waals surface area contributed by atoms with Crippen molar-refractivity contribution in [1.29, 1.82) is 0 Å². The van der Waals surface area contributed by atoms with E-state index >= 15 is 0 Å². The lowest BCUT2D eigenvalue weighted by Gasteiger charge is -2.31. The van der Waals surface area contributed by atoms with E-state index in [2.05, 4.69) is 10.6 Å². The lowest BCUT2D eigenvalue weighted by molar-refractivity contribution is -0.123. The molecule has 0 spiro atoms. The van der Waals surface area contributed by atoms with Gasteiger partial charge >= 0.3 is 0 Å². The van der Waals surface area contributed by atoms with Gasteiger partial charge < -0.3 is 5.32 Å². The first-order valence-electron chi connectivity index (χ1n) is 7.94. The maximum atomic E-state index is 12.4. The largest absolute Gasteiger partial charge is 0.383 e. The number of nitrogens with one attached hydrogen (secondary N) is 2. The summed E-state index contributed by atoms with van der Waals surface area (Å²) in [4.78, 5) is 24.5. The monoisotopic (exact) mass is 344 g/mol. The summed E-state index contributed by atoms with van der Waals surface area (Å²) in [6.07, 6.45) is 3.81. The van der Waals surface area contributed by atoms with E-state index in [-0.39, 0.29) is 18.1 Å². The lowest BCUT2D eigenvalue weighted by Crippen LogP contribution is -2.54. The normalized spacial score (nSPS) is 27.8.